The van der Waals surface area contributed by atoms with E-state index >= 15 is 0 Å². The summed E-state index contributed by atoms with van der Waals surface area (Å²) in [5.74, 6) is -0.190. The molecule has 0 spiro atoms. The molecule has 0 unspecified atom stereocenters. The number of hydrogen-bond donors (Lipinski definition) is 2. The summed E-state index contributed by atoms with van der Waals surface area (Å²) >= 11 is 1.58. The first-order valence-corrected chi connectivity index (χ1v) is 15.6. The number of aliphatic carboxylic acids is 1. The lowest BCUT2D eigenvalue weighted by Crippen LogP contribution is -2.45. The number of aromatic nitrogens is 1. The van der Waals surface area contributed by atoms with E-state index in [-0.39, 0.29) is 5.92 Å². The Balaban J connectivity index is 1.23. The molecule has 11 heteroatoms. The Labute approximate surface area is 241 Å². The Bertz CT molecular complexity index is 1420. The van der Waals surface area contributed by atoms with E-state index in [1.54, 1.807) is 11.3 Å². The molecule has 40 heavy (non-hydrogen) atoms. The van der Waals surface area contributed by atoms with Gasteiger partial charge in [0.05, 0.1) is 11.6 Å². The maximum Gasteiger partial charge on any atom is 0.306 e. The van der Waals surface area contributed by atoms with E-state index in [9.17, 15) is 18.3 Å². The molecule has 0 atom stereocenters. The van der Waals surface area contributed by atoms with Gasteiger partial charge in [0.1, 0.15) is 12.4 Å². The average Bonchev–Trinajstić information content (AvgIpc) is 3.44. The highest BCUT2D eigenvalue weighted by Gasteiger charge is 2.26. The quantitative estimate of drug-likeness (QED) is 0.365. The van der Waals surface area contributed by atoms with E-state index in [1.807, 2.05) is 12.1 Å². The molecule has 3 heterocycles. The summed E-state index contributed by atoms with van der Waals surface area (Å²) < 4.78 is 30.2. The molecular weight excluding hydrogens is 548 g/mol. The van der Waals surface area contributed by atoms with Crippen LogP contribution in [0.25, 0.3) is 11.3 Å². The molecule has 2 fully saturated rings. The summed E-state index contributed by atoms with van der Waals surface area (Å²) in [6.07, 6.45) is 1.28. The van der Waals surface area contributed by atoms with E-state index in [2.05, 4.69) is 53.3 Å². The number of ether oxygens (including phenoxy) is 1. The maximum atomic E-state index is 11.3. The number of piperazine rings is 1. The smallest absolute Gasteiger partial charge is 0.306 e. The Morgan fingerprint density at radius 2 is 1.80 bits per heavy atom. The number of nitrogens with zero attached hydrogens (tertiary/aromatic N) is 4. The number of piperidine rings is 1. The first-order valence-electron chi connectivity index (χ1n) is 13.6. The Morgan fingerprint density at radius 3 is 2.48 bits per heavy atom. The van der Waals surface area contributed by atoms with Crippen LogP contribution in [0.3, 0.4) is 0 Å². The van der Waals surface area contributed by atoms with E-state index < -0.39 is 16.9 Å². The van der Waals surface area contributed by atoms with Crippen molar-refractivity contribution >= 4 is 33.3 Å². The van der Waals surface area contributed by atoms with Gasteiger partial charge in [-0.15, -0.1) is 11.3 Å². The van der Waals surface area contributed by atoms with Crippen molar-refractivity contribution in [1.82, 2.24) is 14.2 Å². The number of rotatable bonds is 9. The minimum absolute atomic E-state index is 0.265. The molecule has 0 aliphatic carbocycles. The van der Waals surface area contributed by atoms with Crippen LogP contribution in [0, 0.1) is 19.8 Å². The van der Waals surface area contributed by atoms with Crippen LogP contribution in [-0.2, 0) is 28.8 Å². The van der Waals surface area contributed by atoms with Crippen molar-refractivity contribution in [3.05, 3.63) is 64.0 Å². The summed E-state index contributed by atoms with van der Waals surface area (Å²) in [7, 11) is -2.49. The number of thiazole rings is 1. The second kappa shape index (κ2) is 12.7. The summed E-state index contributed by atoms with van der Waals surface area (Å²) in [5.41, 5.74) is 6.43. The Morgan fingerprint density at radius 1 is 1.05 bits per heavy atom. The lowest BCUT2D eigenvalue weighted by atomic mass is 9.97. The van der Waals surface area contributed by atoms with Gasteiger partial charge in [-0.2, -0.15) is 0 Å². The summed E-state index contributed by atoms with van der Waals surface area (Å²) in [5, 5.41) is 12.3. The van der Waals surface area contributed by atoms with Gasteiger partial charge in [0.15, 0.2) is 5.13 Å². The number of aryl methyl sites for hydroxylation is 2. The van der Waals surface area contributed by atoms with Crippen molar-refractivity contribution in [3.8, 4) is 17.0 Å². The fourth-order valence-corrected chi connectivity index (χ4v) is 6.70. The predicted octanol–water partition coefficient (Wildman–Crippen LogP) is 3.95. The third kappa shape index (κ3) is 6.83. The van der Waals surface area contributed by atoms with Crippen LogP contribution in [-0.4, -0.2) is 73.0 Å². The third-order valence-electron chi connectivity index (χ3n) is 7.79. The number of hydrogen-bond acceptors (Lipinski definition) is 8. The molecule has 3 aromatic rings. The van der Waals surface area contributed by atoms with Gasteiger partial charge in [0, 0.05) is 56.8 Å². The molecule has 1 aromatic heterocycles. The normalized spacial score (nSPS) is 17.4. The van der Waals surface area contributed by atoms with Gasteiger partial charge in [0.25, 0.3) is 0 Å². The molecule has 0 saturated carbocycles. The first-order chi connectivity index (χ1) is 19.3. The van der Waals surface area contributed by atoms with Crippen molar-refractivity contribution in [1.29, 1.82) is 0 Å². The predicted molar refractivity (Wildman–Crippen MR) is 158 cm³/mol. The number of benzene rings is 2. The lowest BCUT2D eigenvalue weighted by Gasteiger charge is -2.31. The van der Waals surface area contributed by atoms with Crippen molar-refractivity contribution in [3.63, 3.8) is 0 Å². The number of anilines is 1. The van der Waals surface area contributed by atoms with Crippen molar-refractivity contribution < 1.29 is 23.1 Å². The van der Waals surface area contributed by atoms with Crippen LogP contribution in [0.2, 0.25) is 0 Å². The standard InChI is InChI=1S/C29H36N4O5S2/c1-20-3-6-27(25(15-20)26-19-39-29(30-26)32-9-7-23(8-10-32)28(34)35)38-18-24-5-4-22(16-21(24)2)17-31-11-13-33(14-12-31)40(36)37/h3-6,15-16,19,23,40H,7-14,17-18H2,1-2H3,(H,34,35). The van der Waals surface area contributed by atoms with Gasteiger partial charge in [0.2, 0.25) is 10.9 Å². The van der Waals surface area contributed by atoms with E-state index in [1.165, 1.54) is 9.87 Å². The topological polar surface area (TPSA) is 103 Å². The minimum atomic E-state index is -2.49. The first kappa shape index (κ1) is 28.5. The zero-order valence-corrected chi connectivity index (χ0v) is 24.6. The average molecular weight is 585 g/mol. The number of carboxylic acids is 1. The largest absolute Gasteiger partial charge is 0.488 e. The maximum absolute atomic E-state index is 11.3. The van der Waals surface area contributed by atoms with Gasteiger partial charge >= 0.3 is 5.97 Å². The van der Waals surface area contributed by atoms with Crippen LogP contribution < -0.4 is 9.64 Å². The summed E-state index contributed by atoms with van der Waals surface area (Å²) in [6, 6.07) is 12.6. The van der Waals surface area contributed by atoms with Crippen LogP contribution in [0.5, 0.6) is 5.75 Å². The lowest BCUT2D eigenvalue weighted by molar-refractivity contribution is -0.142. The van der Waals surface area contributed by atoms with E-state index in [0.717, 1.165) is 58.5 Å². The molecule has 2 aliphatic rings. The van der Waals surface area contributed by atoms with E-state index in [4.69, 9.17) is 9.72 Å². The molecule has 214 valence electrons. The number of thiol groups is 1. The Hall–Kier alpha value is -2.99. The molecule has 0 amide bonds. The molecule has 2 aliphatic heterocycles. The molecular formula is C29H36N4O5S2. The van der Waals surface area contributed by atoms with Crippen molar-refractivity contribution in [2.24, 2.45) is 5.92 Å². The highest BCUT2D eigenvalue weighted by molar-refractivity contribution is 7.69. The SMILES string of the molecule is Cc1ccc(OCc2ccc(CN3CCN([SH](=O)=O)CC3)cc2C)c(-c2csc(N3CCC(C(=O)O)CC3)n2)c1. The highest BCUT2D eigenvalue weighted by atomic mass is 32.2. The molecule has 5 rings (SSSR count). The monoisotopic (exact) mass is 584 g/mol. The van der Waals surface area contributed by atoms with Crippen molar-refractivity contribution in [2.45, 2.75) is 39.8 Å². The third-order valence-corrected chi connectivity index (χ3v) is 9.56. The van der Waals surface area contributed by atoms with Crippen LogP contribution in [0.1, 0.15) is 35.1 Å². The van der Waals surface area contributed by atoms with Gasteiger partial charge in [-0.1, -0.05) is 29.8 Å². The van der Waals surface area contributed by atoms with Gasteiger partial charge in [-0.05, 0) is 55.5 Å². The van der Waals surface area contributed by atoms with Crippen LogP contribution in [0.15, 0.2) is 41.8 Å². The second-order valence-corrected chi connectivity index (χ2v) is 12.5. The summed E-state index contributed by atoms with van der Waals surface area (Å²) in [6.45, 7) is 9.37. The highest BCUT2D eigenvalue weighted by Crippen LogP contribution is 2.36. The number of carbonyl (C=O) groups is 1. The summed E-state index contributed by atoms with van der Waals surface area (Å²) in [4.78, 5) is 20.7. The second-order valence-electron chi connectivity index (χ2n) is 10.6. The van der Waals surface area contributed by atoms with Crippen molar-refractivity contribution in [2.75, 3.05) is 44.2 Å². The molecule has 9 nitrogen and oxygen atoms in total. The fourth-order valence-electron chi connectivity index (χ4n) is 5.31. The molecule has 0 radical (unpaired) electrons. The zero-order valence-electron chi connectivity index (χ0n) is 22.9. The molecule has 2 aromatic carbocycles. The zero-order chi connectivity index (χ0) is 28.2. The molecule has 2 saturated heterocycles. The molecule has 0 bridgehead atoms. The molecule has 1 N–H and O–H groups in total. The van der Waals surface area contributed by atoms with Gasteiger partial charge < -0.3 is 14.7 Å². The Kier molecular flexibility index (Phi) is 9.04. The number of carboxylic acid groups (broad SMARTS) is 1. The fraction of sp³-hybridized carbons (Fsp3) is 0.448. The van der Waals surface area contributed by atoms with Crippen LogP contribution in [0.4, 0.5) is 5.13 Å². The van der Waals surface area contributed by atoms with Gasteiger partial charge in [-0.25, -0.2) is 17.7 Å². The minimum Gasteiger partial charge on any atom is -0.488 e. The van der Waals surface area contributed by atoms with Crippen LogP contribution >= 0.6 is 11.3 Å². The van der Waals surface area contributed by atoms with Gasteiger partial charge in [-0.3, -0.25) is 9.69 Å². The van der Waals surface area contributed by atoms with E-state index in [0.29, 0.717) is 45.6 Å².